The average Bonchev–Trinajstić information content (AvgIpc) is 3.47. The fourth-order valence-corrected chi connectivity index (χ4v) is 4.77. The molecular formula is C24H21F3N6O3S. The van der Waals surface area contributed by atoms with E-state index in [0.29, 0.717) is 44.5 Å². The number of halogens is 3. The minimum absolute atomic E-state index is 0.0736. The van der Waals surface area contributed by atoms with Crippen LogP contribution in [0, 0.1) is 0 Å². The van der Waals surface area contributed by atoms with E-state index in [1.165, 1.54) is 23.0 Å². The Morgan fingerprint density at radius 3 is 2.54 bits per heavy atom. The zero-order chi connectivity index (χ0) is 26.5. The molecule has 37 heavy (non-hydrogen) atoms. The van der Waals surface area contributed by atoms with Gasteiger partial charge in [0.25, 0.3) is 5.56 Å². The minimum atomic E-state index is -4.44. The molecule has 4 heterocycles. The topological polar surface area (TPSA) is 129 Å². The standard InChI is InChI=1S/C24H21F3N6O3S/c1-32-12-18(17-6-8-29-21(17)23(32)34)19-10-15(7-9-37(28,35)36)20-22(31-19)33(13-30-20)11-14-2-4-16(5-3-14)24(25,26)27/h2-6,8,10,12-13,29H,7,9,11H2,1H3,(H2,28,35,36). The highest BCUT2D eigenvalue weighted by molar-refractivity contribution is 7.89. The number of aryl methyl sites for hydroxylation is 2. The number of hydrogen-bond acceptors (Lipinski definition) is 5. The smallest absolute Gasteiger partial charge is 0.357 e. The largest absolute Gasteiger partial charge is 0.416 e. The highest BCUT2D eigenvalue weighted by Gasteiger charge is 2.30. The first kappa shape index (κ1) is 24.7. The van der Waals surface area contributed by atoms with Crippen molar-refractivity contribution in [2.45, 2.75) is 19.1 Å². The van der Waals surface area contributed by atoms with Crippen molar-refractivity contribution in [3.8, 4) is 11.3 Å². The van der Waals surface area contributed by atoms with Crippen LogP contribution in [-0.4, -0.2) is 38.3 Å². The summed E-state index contributed by atoms with van der Waals surface area (Å²) in [5.41, 5.74) is 2.60. The summed E-state index contributed by atoms with van der Waals surface area (Å²) in [5, 5.41) is 5.87. The van der Waals surface area contributed by atoms with Gasteiger partial charge in [-0.15, -0.1) is 0 Å². The molecule has 0 bridgehead atoms. The fourth-order valence-electron chi connectivity index (χ4n) is 4.26. The zero-order valence-electron chi connectivity index (χ0n) is 19.5. The quantitative estimate of drug-likeness (QED) is 0.349. The summed E-state index contributed by atoms with van der Waals surface area (Å²) in [7, 11) is -2.15. The monoisotopic (exact) mass is 530 g/mol. The molecule has 5 aromatic rings. The van der Waals surface area contributed by atoms with Gasteiger partial charge in [-0.2, -0.15) is 13.2 Å². The summed E-state index contributed by atoms with van der Waals surface area (Å²) in [4.78, 5) is 24.6. The molecule has 0 spiro atoms. The number of nitrogens with zero attached hydrogens (tertiary/aromatic N) is 4. The van der Waals surface area contributed by atoms with E-state index in [-0.39, 0.29) is 24.3 Å². The van der Waals surface area contributed by atoms with E-state index >= 15 is 0 Å². The lowest BCUT2D eigenvalue weighted by Gasteiger charge is -2.11. The van der Waals surface area contributed by atoms with Crippen molar-refractivity contribution < 1.29 is 21.6 Å². The molecule has 0 atom stereocenters. The summed E-state index contributed by atoms with van der Waals surface area (Å²) in [6.45, 7) is 0.187. The first-order valence-corrected chi connectivity index (χ1v) is 12.8. The molecule has 0 saturated heterocycles. The van der Waals surface area contributed by atoms with E-state index in [9.17, 15) is 26.4 Å². The second kappa shape index (κ2) is 8.85. The van der Waals surface area contributed by atoms with Gasteiger partial charge in [0.1, 0.15) is 11.0 Å². The Hall–Kier alpha value is -3.97. The molecule has 0 aliphatic rings. The van der Waals surface area contributed by atoms with Crippen molar-refractivity contribution in [3.05, 3.63) is 82.2 Å². The van der Waals surface area contributed by atoms with Gasteiger partial charge in [-0.1, -0.05) is 12.1 Å². The number of alkyl halides is 3. The van der Waals surface area contributed by atoms with E-state index in [1.807, 2.05) is 0 Å². The maximum absolute atomic E-state index is 13.0. The summed E-state index contributed by atoms with van der Waals surface area (Å²) in [5.74, 6) is -0.315. The van der Waals surface area contributed by atoms with E-state index in [4.69, 9.17) is 10.1 Å². The van der Waals surface area contributed by atoms with Crippen molar-refractivity contribution in [1.82, 2.24) is 24.1 Å². The maximum Gasteiger partial charge on any atom is 0.416 e. The van der Waals surface area contributed by atoms with Gasteiger partial charge in [0, 0.05) is 30.4 Å². The molecule has 4 aromatic heterocycles. The molecule has 0 radical (unpaired) electrons. The second-order valence-corrected chi connectivity index (χ2v) is 10.5. The van der Waals surface area contributed by atoms with Crippen molar-refractivity contribution in [3.63, 3.8) is 0 Å². The summed E-state index contributed by atoms with van der Waals surface area (Å²) >= 11 is 0. The van der Waals surface area contributed by atoms with Crippen LogP contribution in [0.25, 0.3) is 33.3 Å². The number of hydrogen-bond donors (Lipinski definition) is 2. The average molecular weight is 531 g/mol. The first-order chi connectivity index (χ1) is 17.4. The lowest BCUT2D eigenvalue weighted by atomic mass is 10.1. The van der Waals surface area contributed by atoms with Crippen molar-refractivity contribution in [1.29, 1.82) is 0 Å². The molecular weight excluding hydrogens is 509 g/mol. The van der Waals surface area contributed by atoms with E-state index in [0.717, 1.165) is 12.1 Å². The Morgan fingerprint density at radius 2 is 1.86 bits per heavy atom. The van der Waals surface area contributed by atoms with Crippen LogP contribution >= 0.6 is 0 Å². The van der Waals surface area contributed by atoms with E-state index in [2.05, 4.69) is 9.97 Å². The number of H-pyrrole nitrogens is 1. The maximum atomic E-state index is 13.0. The molecule has 0 unspecified atom stereocenters. The number of aromatic amines is 1. The highest BCUT2D eigenvalue weighted by atomic mass is 32.2. The predicted octanol–water partition coefficient (Wildman–Crippen LogP) is 3.18. The number of nitrogens with two attached hydrogens (primary N) is 1. The van der Waals surface area contributed by atoms with Crippen LogP contribution in [0.15, 0.2) is 59.9 Å². The van der Waals surface area contributed by atoms with Gasteiger partial charge in [-0.05, 0) is 41.8 Å². The van der Waals surface area contributed by atoms with Crippen molar-refractivity contribution in [2.75, 3.05) is 5.75 Å². The third-order valence-corrected chi connectivity index (χ3v) is 6.88. The molecule has 0 aliphatic carbocycles. The highest BCUT2D eigenvalue weighted by Crippen LogP contribution is 2.31. The number of nitrogens with one attached hydrogen (secondary N) is 1. The Labute approximate surface area is 208 Å². The van der Waals surface area contributed by atoms with Crippen LogP contribution < -0.4 is 10.7 Å². The number of pyridine rings is 2. The molecule has 13 heteroatoms. The molecule has 0 saturated carbocycles. The lowest BCUT2D eigenvalue weighted by Crippen LogP contribution is -2.18. The molecule has 9 nitrogen and oxygen atoms in total. The van der Waals surface area contributed by atoms with Gasteiger partial charge < -0.3 is 14.1 Å². The van der Waals surface area contributed by atoms with Crippen molar-refractivity contribution in [2.24, 2.45) is 12.2 Å². The van der Waals surface area contributed by atoms with Crippen molar-refractivity contribution >= 4 is 32.1 Å². The minimum Gasteiger partial charge on any atom is -0.357 e. The van der Waals surface area contributed by atoms with Gasteiger partial charge in [0.05, 0.1) is 29.9 Å². The van der Waals surface area contributed by atoms with Gasteiger partial charge in [-0.3, -0.25) is 4.79 Å². The van der Waals surface area contributed by atoms with Crippen LogP contribution in [0.4, 0.5) is 13.2 Å². The Morgan fingerprint density at radius 1 is 1.14 bits per heavy atom. The number of fused-ring (bicyclic) bond motifs is 2. The third kappa shape index (κ3) is 4.87. The molecule has 0 aliphatic heterocycles. The summed E-state index contributed by atoms with van der Waals surface area (Å²) in [6, 6.07) is 8.26. The van der Waals surface area contributed by atoms with Crippen LogP contribution in [0.1, 0.15) is 16.7 Å². The molecule has 192 valence electrons. The van der Waals surface area contributed by atoms with Crippen LogP contribution in [0.5, 0.6) is 0 Å². The Balaban J connectivity index is 1.65. The number of benzene rings is 1. The van der Waals surface area contributed by atoms with Gasteiger partial charge in [0.2, 0.25) is 10.0 Å². The summed E-state index contributed by atoms with van der Waals surface area (Å²) in [6.07, 6.45) is 0.433. The third-order valence-electron chi connectivity index (χ3n) is 6.11. The van der Waals surface area contributed by atoms with Crippen LogP contribution in [-0.2, 0) is 36.2 Å². The zero-order valence-corrected chi connectivity index (χ0v) is 20.3. The predicted molar refractivity (Wildman–Crippen MR) is 132 cm³/mol. The second-order valence-electron chi connectivity index (χ2n) is 8.75. The van der Waals surface area contributed by atoms with Crippen LogP contribution in [0.2, 0.25) is 0 Å². The molecule has 3 N–H and O–H groups in total. The molecule has 0 amide bonds. The Kier molecular flexibility index (Phi) is 5.91. The summed E-state index contributed by atoms with van der Waals surface area (Å²) < 4.78 is 65.3. The fraction of sp³-hybridized carbons (Fsp3) is 0.208. The SMILES string of the molecule is Cn1cc(-c2cc(CCS(N)(=O)=O)c3ncn(Cc4ccc(C(F)(F)F)cc4)c3n2)c2cc[nH]c2c1=O. The number of primary sulfonamides is 1. The van der Waals surface area contributed by atoms with Gasteiger partial charge in [-0.25, -0.2) is 23.5 Å². The lowest BCUT2D eigenvalue weighted by molar-refractivity contribution is -0.137. The van der Waals surface area contributed by atoms with Gasteiger partial charge >= 0.3 is 6.18 Å². The van der Waals surface area contributed by atoms with E-state index < -0.39 is 21.8 Å². The molecule has 0 fully saturated rings. The normalized spacial score (nSPS) is 12.6. The number of aromatic nitrogens is 5. The number of rotatable bonds is 6. The van der Waals surface area contributed by atoms with Crippen LogP contribution in [0.3, 0.4) is 0 Å². The number of sulfonamides is 1. The molecule has 1 aromatic carbocycles. The number of imidazole rings is 1. The molecule has 5 rings (SSSR count). The van der Waals surface area contributed by atoms with E-state index in [1.54, 1.807) is 36.1 Å². The first-order valence-electron chi connectivity index (χ1n) is 11.1. The van der Waals surface area contributed by atoms with Gasteiger partial charge in [0.15, 0.2) is 5.65 Å². The Bertz CT molecular complexity index is 1800.